The number of guanidine groups is 1. The molecular formula is C18H32N4O. The predicted molar refractivity (Wildman–Crippen MR) is 98.2 cm³/mol. The highest BCUT2D eigenvalue weighted by molar-refractivity contribution is 5.79. The number of nitrogens with zero attached hydrogens (tertiary/aromatic N) is 1. The highest BCUT2D eigenvalue weighted by Gasteiger charge is 2.07. The molecule has 0 saturated heterocycles. The van der Waals surface area contributed by atoms with Crippen LogP contribution in [0.25, 0.3) is 0 Å². The van der Waals surface area contributed by atoms with Gasteiger partial charge >= 0.3 is 0 Å². The molecular weight excluding hydrogens is 288 g/mol. The van der Waals surface area contributed by atoms with Crippen LogP contribution in [0.2, 0.25) is 0 Å². The van der Waals surface area contributed by atoms with Gasteiger partial charge in [-0.1, -0.05) is 18.2 Å². The van der Waals surface area contributed by atoms with Gasteiger partial charge in [0.2, 0.25) is 0 Å². The van der Waals surface area contributed by atoms with E-state index in [9.17, 15) is 0 Å². The number of para-hydroxylation sites is 1. The van der Waals surface area contributed by atoms with Crippen LogP contribution in [0.15, 0.2) is 29.3 Å². The van der Waals surface area contributed by atoms with Crippen molar-refractivity contribution in [3.63, 3.8) is 0 Å². The lowest BCUT2D eigenvalue weighted by atomic mass is 10.1. The topological polar surface area (TPSA) is 57.7 Å². The van der Waals surface area contributed by atoms with Gasteiger partial charge in [-0.2, -0.15) is 0 Å². The van der Waals surface area contributed by atoms with E-state index in [0.717, 1.165) is 36.9 Å². The van der Waals surface area contributed by atoms with Gasteiger partial charge in [-0.05, 0) is 40.7 Å². The lowest BCUT2D eigenvalue weighted by Crippen LogP contribution is -2.44. The van der Waals surface area contributed by atoms with Crippen molar-refractivity contribution < 1.29 is 4.74 Å². The molecule has 0 saturated carbocycles. The first-order valence-corrected chi connectivity index (χ1v) is 8.44. The van der Waals surface area contributed by atoms with Gasteiger partial charge in [0.1, 0.15) is 5.75 Å². The predicted octanol–water partition coefficient (Wildman–Crippen LogP) is 2.53. The Labute approximate surface area is 140 Å². The molecule has 0 aromatic heterocycles. The Morgan fingerprint density at radius 2 is 1.83 bits per heavy atom. The fraction of sp³-hybridized carbons (Fsp3) is 0.611. The summed E-state index contributed by atoms with van der Waals surface area (Å²) in [5.74, 6) is 1.73. The maximum atomic E-state index is 5.65. The fourth-order valence-corrected chi connectivity index (χ4v) is 2.06. The summed E-state index contributed by atoms with van der Waals surface area (Å²) in [4.78, 5) is 4.65. The molecule has 1 rings (SSSR count). The monoisotopic (exact) mass is 320 g/mol. The first-order chi connectivity index (χ1) is 11.0. The van der Waals surface area contributed by atoms with Crippen LogP contribution in [0.4, 0.5) is 0 Å². The quantitative estimate of drug-likeness (QED) is 0.391. The molecule has 0 spiro atoms. The van der Waals surface area contributed by atoms with E-state index in [2.05, 4.69) is 54.7 Å². The minimum Gasteiger partial charge on any atom is -0.494 e. The molecule has 0 aliphatic rings. The van der Waals surface area contributed by atoms with E-state index in [1.54, 1.807) is 0 Å². The minimum atomic E-state index is 0.133. The van der Waals surface area contributed by atoms with E-state index in [0.29, 0.717) is 13.2 Å². The van der Waals surface area contributed by atoms with Gasteiger partial charge in [0.05, 0.1) is 13.2 Å². The molecule has 0 bridgehead atoms. The van der Waals surface area contributed by atoms with Crippen molar-refractivity contribution in [3.05, 3.63) is 29.8 Å². The molecule has 0 aliphatic heterocycles. The highest BCUT2D eigenvalue weighted by Crippen LogP contribution is 2.18. The smallest absolute Gasteiger partial charge is 0.191 e. The zero-order valence-electron chi connectivity index (χ0n) is 15.2. The third kappa shape index (κ3) is 8.45. The molecule has 0 fully saturated rings. The second kappa shape index (κ2) is 10.1. The van der Waals surface area contributed by atoms with Gasteiger partial charge < -0.3 is 20.7 Å². The molecule has 5 nitrogen and oxygen atoms in total. The summed E-state index contributed by atoms with van der Waals surface area (Å²) in [5.41, 5.74) is 1.23. The maximum absolute atomic E-state index is 5.65. The van der Waals surface area contributed by atoms with E-state index in [1.165, 1.54) is 0 Å². The Morgan fingerprint density at radius 3 is 2.48 bits per heavy atom. The largest absolute Gasteiger partial charge is 0.494 e. The summed E-state index contributed by atoms with van der Waals surface area (Å²) in [6.07, 6.45) is 0. The lowest BCUT2D eigenvalue weighted by molar-refractivity contribution is 0.336. The molecule has 0 unspecified atom stereocenters. The van der Waals surface area contributed by atoms with Crippen molar-refractivity contribution in [1.29, 1.82) is 0 Å². The third-order valence-electron chi connectivity index (χ3n) is 3.10. The Hall–Kier alpha value is -1.75. The van der Waals surface area contributed by atoms with Crippen molar-refractivity contribution in [2.75, 3.05) is 26.2 Å². The van der Waals surface area contributed by atoms with E-state index >= 15 is 0 Å². The van der Waals surface area contributed by atoms with E-state index in [1.807, 2.05) is 25.1 Å². The Bertz CT molecular complexity index is 480. The first-order valence-electron chi connectivity index (χ1n) is 8.44. The maximum Gasteiger partial charge on any atom is 0.191 e. The lowest BCUT2D eigenvalue weighted by Gasteiger charge is -2.21. The zero-order valence-corrected chi connectivity index (χ0v) is 15.2. The molecule has 0 amide bonds. The molecule has 0 heterocycles. The standard InChI is InChI=1S/C18H32N4O/c1-6-19-17(20-12-13-22-18(3,4)5)21-14-15-10-8-9-11-16(15)23-7-2/h8-11,22H,6-7,12-14H2,1-5H3,(H2,19,20,21). The van der Waals surface area contributed by atoms with E-state index < -0.39 is 0 Å². The highest BCUT2D eigenvalue weighted by atomic mass is 16.5. The number of benzene rings is 1. The number of hydrogen-bond donors (Lipinski definition) is 3. The Morgan fingerprint density at radius 1 is 1.09 bits per heavy atom. The SMILES string of the molecule is CCNC(=NCc1ccccc1OCC)NCCNC(C)(C)C. The number of ether oxygens (including phenoxy) is 1. The van der Waals surface area contributed by atoms with E-state index in [4.69, 9.17) is 4.74 Å². The number of hydrogen-bond acceptors (Lipinski definition) is 3. The van der Waals surface area contributed by atoms with Gasteiger partial charge in [0.25, 0.3) is 0 Å². The number of aliphatic imine (C=N–C) groups is 1. The van der Waals surface area contributed by atoms with Crippen molar-refractivity contribution in [2.24, 2.45) is 4.99 Å². The van der Waals surface area contributed by atoms with Crippen LogP contribution in [0.1, 0.15) is 40.2 Å². The average molecular weight is 320 g/mol. The van der Waals surface area contributed by atoms with Gasteiger partial charge in [0, 0.05) is 30.7 Å². The number of rotatable bonds is 8. The van der Waals surface area contributed by atoms with Crippen molar-refractivity contribution in [2.45, 2.75) is 46.7 Å². The molecule has 130 valence electrons. The summed E-state index contributed by atoms with van der Waals surface area (Å²) in [6.45, 7) is 14.4. The summed E-state index contributed by atoms with van der Waals surface area (Å²) in [6, 6.07) is 8.04. The molecule has 0 atom stereocenters. The van der Waals surface area contributed by atoms with Gasteiger partial charge in [-0.25, -0.2) is 4.99 Å². The van der Waals surface area contributed by atoms with Crippen molar-refractivity contribution in [3.8, 4) is 5.75 Å². The van der Waals surface area contributed by atoms with Crippen LogP contribution in [-0.2, 0) is 6.54 Å². The molecule has 0 radical (unpaired) electrons. The second-order valence-electron chi connectivity index (χ2n) is 6.34. The van der Waals surface area contributed by atoms with Crippen LogP contribution >= 0.6 is 0 Å². The molecule has 5 heteroatoms. The van der Waals surface area contributed by atoms with Crippen LogP contribution in [0.3, 0.4) is 0 Å². The second-order valence-corrected chi connectivity index (χ2v) is 6.34. The first kappa shape index (κ1) is 19.3. The Kier molecular flexibility index (Phi) is 8.48. The summed E-state index contributed by atoms with van der Waals surface area (Å²) < 4.78 is 5.65. The third-order valence-corrected chi connectivity index (χ3v) is 3.10. The normalized spacial score (nSPS) is 12.1. The zero-order chi connectivity index (χ0) is 17.1. The van der Waals surface area contributed by atoms with Crippen molar-refractivity contribution in [1.82, 2.24) is 16.0 Å². The fourth-order valence-electron chi connectivity index (χ4n) is 2.06. The van der Waals surface area contributed by atoms with Gasteiger partial charge in [-0.3, -0.25) is 0 Å². The summed E-state index contributed by atoms with van der Waals surface area (Å²) >= 11 is 0. The van der Waals surface area contributed by atoms with E-state index in [-0.39, 0.29) is 5.54 Å². The van der Waals surface area contributed by atoms with Crippen LogP contribution in [0.5, 0.6) is 5.75 Å². The van der Waals surface area contributed by atoms with Gasteiger partial charge in [-0.15, -0.1) is 0 Å². The Balaban J connectivity index is 2.58. The van der Waals surface area contributed by atoms with Crippen LogP contribution < -0.4 is 20.7 Å². The molecule has 1 aromatic carbocycles. The number of nitrogens with one attached hydrogen (secondary N) is 3. The van der Waals surface area contributed by atoms with Crippen molar-refractivity contribution >= 4 is 5.96 Å². The minimum absolute atomic E-state index is 0.133. The molecule has 3 N–H and O–H groups in total. The summed E-state index contributed by atoms with van der Waals surface area (Å²) in [5, 5.41) is 10.1. The van der Waals surface area contributed by atoms with Crippen LogP contribution in [0, 0.1) is 0 Å². The van der Waals surface area contributed by atoms with Crippen LogP contribution in [-0.4, -0.2) is 37.7 Å². The molecule has 0 aliphatic carbocycles. The van der Waals surface area contributed by atoms with Gasteiger partial charge in [0.15, 0.2) is 5.96 Å². The molecule has 23 heavy (non-hydrogen) atoms. The molecule has 1 aromatic rings. The summed E-state index contributed by atoms with van der Waals surface area (Å²) in [7, 11) is 0. The average Bonchev–Trinajstić information content (AvgIpc) is 2.49.